The maximum Gasteiger partial charge on any atom is 0.341 e. The van der Waals surface area contributed by atoms with Gasteiger partial charge in [0.15, 0.2) is 0 Å². The minimum Gasteiger partial charge on any atom is -0.399 e. The number of rotatable bonds is 4. The Bertz CT molecular complexity index is 534. The van der Waals surface area contributed by atoms with E-state index >= 15 is 0 Å². The number of carbonyl (C=O) groups is 2. The van der Waals surface area contributed by atoms with E-state index in [0.29, 0.717) is 5.69 Å². The molecule has 1 rings (SSSR count). The van der Waals surface area contributed by atoms with Gasteiger partial charge in [-0.25, -0.2) is 0 Å². The molecule has 0 aliphatic carbocycles. The topological polar surface area (TPSA) is 104 Å². The summed E-state index contributed by atoms with van der Waals surface area (Å²) in [5.41, 5.74) is 5.83. The first-order chi connectivity index (χ1) is 8.87. The maximum absolute atomic E-state index is 11.5. The fraction of sp³-hybridized carbons (Fsp3) is 0.167. The summed E-state index contributed by atoms with van der Waals surface area (Å²) in [6.07, 6.45) is 1.86. The fourth-order valence-electron chi connectivity index (χ4n) is 0.957. The van der Waals surface area contributed by atoms with E-state index in [1.165, 1.54) is 37.3 Å². The summed E-state index contributed by atoms with van der Waals surface area (Å²) in [7, 11) is -4.05. The van der Waals surface area contributed by atoms with Crippen molar-refractivity contribution in [3.05, 3.63) is 36.9 Å². The lowest BCUT2D eigenvalue weighted by molar-refractivity contribution is -0.132. The van der Waals surface area contributed by atoms with E-state index in [9.17, 15) is 13.2 Å². The van der Waals surface area contributed by atoms with Crippen LogP contribution in [0.25, 0.3) is 0 Å². The molecule has 0 radical (unpaired) electrons. The van der Waals surface area contributed by atoms with Gasteiger partial charge in [0.25, 0.3) is 0 Å². The van der Waals surface area contributed by atoms with Crippen LogP contribution < -0.4 is 5.73 Å². The van der Waals surface area contributed by atoms with Gasteiger partial charge in [-0.15, -0.1) is 6.58 Å². The van der Waals surface area contributed by atoms with Crippen LogP contribution in [-0.2, 0) is 23.9 Å². The third-order valence-electron chi connectivity index (χ3n) is 1.68. The number of nitrogens with two attached hydrogens (primary N) is 1. The van der Waals surface area contributed by atoms with Crippen LogP contribution in [0.15, 0.2) is 41.8 Å². The van der Waals surface area contributed by atoms with Gasteiger partial charge in [0.1, 0.15) is 11.2 Å². The summed E-state index contributed by atoms with van der Waals surface area (Å²) in [6.45, 7) is 4.75. The smallest absolute Gasteiger partial charge is 0.341 e. The first-order valence-corrected chi connectivity index (χ1v) is 6.61. The van der Waals surface area contributed by atoms with Crippen LogP contribution in [0.3, 0.4) is 0 Å². The lowest BCUT2D eigenvalue weighted by atomic mass is 10.3. The standard InChI is InChI=1S/C10H11NO4S.C2H4O/c1-2-3-10(12)15-16(13,14)9-6-4-8(11)5-7-9;1-2-3/h2,4-7H,1,3,11H2;2H,1H3. The molecular weight excluding hydrogens is 270 g/mol. The van der Waals surface area contributed by atoms with Crippen LogP contribution in [-0.4, -0.2) is 20.7 Å². The molecule has 0 aromatic heterocycles. The van der Waals surface area contributed by atoms with E-state index in [-0.39, 0.29) is 11.3 Å². The zero-order chi connectivity index (χ0) is 14.9. The first-order valence-electron chi connectivity index (χ1n) is 5.21. The predicted octanol–water partition coefficient (Wildman–Crippen LogP) is 1.28. The SMILES string of the molecule is C=CCC(=O)OS(=O)(=O)c1ccc(N)cc1.CC=O. The minimum atomic E-state index is -4.05. The Morgan fingerprint density at radius 1 is 1.37 bits per heavy atom. The maximum atomic E-state index is 11.5. The summed E-state index contributed by atoms with van der Waals surface area (Å²) in [5.74, 6) is -0.869. The van der Waals surface area contributed by atoms with E-state index in [1.54, 1.807) is 0 Å². The molecule has 0 aliphatic rings. The van der Waals surface area contributed by atoms with Crippen molar-refractivity contribution in [3.63, 3.8) is 0 Å². The Morgan fingerprint density at radius 3 is 2.26 bits per heavy atom. The van der Waals surface area contributed by atoms with Crippen LogP contribution in [0.4, 0.5) is 5.69 Å². The Kier molecular flexibility index (Phi) is 7.13. The third kappa shape index (κ3) is 6.37. The molecule has 0 heterocycles. The highest BCUT2D eigenvalue weighted by molar-refractivity contribution is 7.87. The van der Waals surface area contributed by atoms with Gasteiger partial charge in [-0.2, -0.15) is 8.42 Å². The number of carbonyl (C=O) groups excluding carboxylic acids is 2. The van der Waals surface area contributed by atoms with Crippen molar-refractivity contribution in [2.24, 2.45) is 0 Å². The number of hydrogen-bond acceptors (Lipinski definition) is 6. The summed E-state index contributed by atoms with van der Waals surface area (Å²) in [5, 5.41) is 0. The molecule has 0 spiro atoms. The average Bonchev–Trinajstić information content (AvgIpc) is 2.30. The van der Waals surface area contributed by atoms with E-state index in [2.05, 4.69) is 10.8 Å². The van der Waals surface area contributed by atoms with Gasteiger partial charge in [0.05, 0.1) is 6.42 Å². The largest absolute Gasteiger partial charge is 0.399 e. The average molecular weight is 285 g/mol. The Balaban J connectivity index is 0.000000982. The molecule has 0 aliphatic heterocycles. The van der Waals surface area contributed by atoms with E-state index in [1.807, 2.05) is 0 Å². The van der Waals surface area contributed by atoms with Crippen LogP contribution >= 0.6 is 0 Å². The highest BCUT2D eigenvalue weighted by atomic mass is 32.2. The molecule has 0 bridgehead atoms. The zero-order valence-corrected chi connectivity index (χ0v) is 11.2. The van der Waals surface area contributed by atoms with Crippen LogP contribution in [0.5, 0.6) is 0 Å². The van der Waals surface area contributed by atoms with Crippen molar-refractivity contribution < 1.29 is 22.2 Å². The highest BCUT2D eigenvalue weighted by Crippen LogP contribution is 2.14. The van der Waals surface area contributed by atoms with Crippen LogP contribution in [0.1, 0.15) is 13.3 Å². The van der Waals surface area contributed by atoms with Crippen molar-refractivity contribution in [1.82, 2.24) is 0 Å². The fourth-order valence-corrected chi connectivity index (χ4v) is 1.84. The molecule has 6 nitrogen and oxygen atoms in total. The number of nitrogen functional groups attached to an aromatic ring is 1. The van der Waals surface area contributed by atoms with Crippen LogP contribution in [0.2, 0.25) is 0 Å². The molecule has 0 saturated heterocycles. The van der Waals surface area contributed by atoms with Gasteiger partial charge >= 0.3 is 16.1 Å². The van der Waals surface area contributed by atoms with Crippen molar-refractivity contribution in [2.75, 3.05) is 5.73 Å². The molecule has 19 heavy (non-hydrogen) atoms. The van der Waals surface area contributed by atoms with Gasteiger partial charge in [0, 0.05) is 5.69 Å². The molecule has 0 saturated carbocycles. The zero-order valence-electron chi connectivity index (χ0n) is 10.4. The van der Waals surface area contributed by atoms with Gasteiger partial charge in [-0.05, 0) is 31.2 Å². The second-order valence-electron chi connectivity index (χ2n) is 3.21. The molecule has 0 atom stereocenters. The van der Waals surface area contributed by atoms with Gasteiger partial charge < -0.3 is 14.7 Å². The molecule has 2 N–H and O–H groups in total. The summed E-state index contributed by atoms with van der Waals surface area (Å²) in [4.78, 5) is 19.7. The molecule has 0 unspecified atom stereocenters. The quantitative estimate of drug-likeness (QED) is 0.387. The monoisotopic (exact) mass is 285 g/mol. The predicted molar refractivity (Wildman–Crippen MR) is 70.7 cm³/mol. The number of hydrogen-bond donors (Lipinski definition) is 1. The number of anilines is 1. The Labute approximate surface area is 112 Å². The number of aldehydes is 1. The molecule has 7 heteroatoms. The van der Waals surface area contributed by atoms with Crippen molar-refractivity contribution in [1.29, 1.82) is 0 Å². The minimum absolute atomic E-state index is 0.112. The van der Waals surface area contributed by atoms with Crippen molar-refractivity contribution in [3.8, 4) is 0 Å². The van der Waals surface area contributed by atoms with Crippen LogP contribution in [0, 0.1) is 0 Å². The second kappa shape index (κ2) is 8.04. The van der Waals surface area contributed by atoms with E-state index in [0.717, 1.165) is 6.29 Å². The summed E-state index contributed by atoms with van der Waals surface area (Å²) >= 11 is 0. The van der Waals surface area contributed by atoms with E-state index in [4.69, 9.17) is 10.5 Å². The normalized spacial score (nSPS) is 9.74. The Hall–Kier alpha value is -2.15. The highest BCUT2D eigenvalue weighted by Gasteiger charge is 2.18. The molecule has 0 amide bonds. The molecule has 1 aromatic carbocycles. The van der Waals surface area contributed by atoms with Gasteiger partial charge in [-0.1, -0.05) is 6.08 Å². The molecule has 0 fully saturated rings. The van der Waals surface area contributed by atoms with Crippen molar-refractivity contribution in [2.45, 2.75) is 18.2 Å². The van der Waals surface area contributed by atoms with Gasteiger partial charge in [-0.3, -0.25) is 4.79 Å². The lowest BCUT2D eigenvalue weighted by Crippen LogP contribution is -2.12. The summed E-state index contributed by atoms with van der Waals surface area (Å²) < 4.78 is 27.3. The summed E-state index contributed by atoms with van der Waals surface area (Å²) in [6, 6.07) is 5.36. The molecule has 104 valence electrons. The van der Waals surface area contributed by atoms with Crippen molar-refractivity contribution >= 4 is 28.1 Å². The number of benzene rings is 1. The second-order valence-corrected chi connectivity index (χ2v) is 4.75. The van der Waals surface area contributed by atoms with E-state index < -0.39 is 16.1 Å². The third-order valence-corrected chi connectivity index (χ3v) is 2.94. The lowest BCUT2D eigenvalue weighted by Gasteiger charge is -2.04. The molecule has 1 aromatic rings. The van der Waals surface area contributed by atoms with Gasteiger partial charge in [0.2, 0.25) is 0 Å². The molecular formula is C12H15NO5S. The first kappa shape index (κ1) is 16.9. The Morgan fingerprint density at radius 2 is 1.84 bits per heavy atom.